The Kier molecular flexibility index (Phi) is 5.89. The lowest BCUT2D eigenvalue weighted by Gasteiger charge is -2.42. The van der Waals surface area contributed by atoms with E-state index in [0.29, 0.717) is 11.3 Å². The number of ether oxygens (including phenoxy) is 1. The van der Waals surface area contributed by atoms with Gasteiger partial charge in [0.1, 0.15) is 0 Å². The molecule has 4 heteroatoms. The third-order valence-electron chi connectivity index (χ3n) is 7.34. The maximum atomic E-state index is 14.7. The van der Waals surface area contributed by atoms with Crippen LogP contribution < -0.4 is 0 Å². The summed E-state index contributed by atoms with van der Waals surface area (Å²) in [6.45, 7) is 2.28. The molecule has 156 valence electrons. The zero-order chi connectivity index (χ0) is 20.5. The van der Waals surface area contributed by atoms with Crippen molar-refractivity contribution in [1.82, 2.24) is 0 Å². The molecule has 0 radical (unpaired) electrons. The van der Waals surface area contributed by atoms with Crippen LogP contribution in [0.1, 0.15) is 80.1 Å². The molecule has 0 aromatic heterocycles. The van der Waals surface area contributed by atoms with E-state index in [1.807, 2.05) is 12.1 Å². The van der Waals surface area contributed by atoms with Crippen molar-refractivity contribution in [3.05, 3.63) is 47.0 Å². The largest absolute Gasteiger partial charge is 0.465 e. The second-order valence-corrected chi connectivity index (χ2v) is 9.02. The van der Waals surface area contributed by atoms with Crippen molar-refractivity contribution in [2.45, 2.75) is 64.2 Å². The third-order valence-corrected chi connectivity index (χ3v) is 7.34. The number of halogens is 2. The molecule has 4 rings (SSSR count). The summed E-state index contributed by atoms with van der Waals surface area (Å²) in [7, 11) is 1.17. The van der Waals surface area contributed by atoms with Gasteiger partial charge in [-0.05, 0) is 78.9 Å². The molecular formula is C25H30F2O2. The second kappa shape index (κ2) is 8.41. The first-order chi connectivity index (χ1) is 14.0. The van der Waals surface area contributed by atoms with Crippen molar-refractivity contribution in [1.29, 1.82) is 0 Å². The summed E-state index contributed by atoms with van der Waals surface area (Å²) < 4.78 is 33.7. The Balaban J connectivity index is 1.56. The van der Waals surface area contributed by atoms with E-state index in [1.165, 1.54) is 51.7 Å². The summed E-state index contributed by atoms with van der Waals surface area (Å²) in [6, 6.07) is 7.01. The first-order valence-electron chi connectivity index (χ1n) is 11.0. The second-order valence-electron chi connectivity index (χ2n) is 9.02. The van der Waals surface area contributed by atoms with Gasteiger partial charge < -0.3 is 4.74 Å². The fourth-order valence-electron chi connectivity index (χ4n) is 5.82. The fraction of sp³-hybridized carbons (Fsp3) is 0.560. The topological polar surface area (TPSA) is 26.3 Å². The minimum atomic E-state index is -1.13. The molecule has 2 aliphatic rings. The molecule has 0 heterocycles. The molecule has 2 nitrogen and oxygen atoms in total. The van der Waals surface area contributed by atoms with E-state index in [9.17, 15) is 13.6 Å². The van der Waals surface area contributed by atoms with Crippen LogP contribution in [0.3, 0.4) is 0 Å². The lowest BCUT2D eigenvalue weighted by Crippen LogP contribution is -2.30. The molecule has 0 saturated heterocycles. The predicted octanol–water partition coefficient (Wildman–Crippen LogP) is 7.00. The van der Waals surface area contributed by atoms with Gasteiger partial charge in [-0.3, -0.25) is 0 Å². The smallest absolute Gasteiger partial charge is 0.340 e. The Morgan fingerprint density at radius 1 is 1.03 bits per heavy atom. The number of carbonyl (C=O) groups is 1. The molecular weight excluding hydrogens is 370 g/mol. The van der Waals surface area contributed by atoms with Crippen molar-refractivity contribution in [3.8, 4) is 0 Å². The van der Waals surface area contributed by atoms with E-state index in [2.05, 4.69) is 11.7 Å². The first kappa shape index (κ1) is 20.3. The van der Waals surface area contributed by atoms with E-state index >= 15 is 0 Å². The van der Waals surface area contributed by atoms with Crippen molar-refractivity contribution in [3.63, 3.8) is 0 Å². The summed E-state index contributed by atoms with van der Waals surface area (Å²) in [6.07, 6.45) is 10.2. The molecule has 2 aromatic rings. The monoisotopic (exact) mass is 400 g/mol. The van der Waals surface area contributed by atoms with Crippen LogP contribution in [0.5, 0.6) is 0 Å². The van der Waals surface area contributed by atoms with Crippen LogP contribution in [0.4, 0.5) is 8.78 Å². The van der Waals surface area contributed by atoms with Gasteiger partial charge in [0, 0.05) is 5.39 Å². The number of rotatable bonds is 4. The number of methoxy groups -OCH3 is 1. The highest BCUT2D eigenvalue weighted by molar-refractivity contribution is 5.96. The molecule has 0 spiro atoms. The molecule has 29 heavy (non-hydrogen) atoms. The standard InChI is InChI=1S/C25H30F2O2/c1-3-4-15-5-6-17-12-18(8-7-16(17)11-15)19-9-10-20-14-22(25(28)29-2)24(27)23(26)21(20)13-19/h9-10,13-18H,3-8,11-12H2,1-2H3. The number of benzene rings is 2. The lowest BCUT2D eigenvalue weighted by molar-refractivity contribution is 0.0594. The molecule has 4 unspecified atom stereocenters. The number of esters is 1. The van der Waals surface area contributed by atoms with Crippen LogP contribution in [0.25, 0.3) is 10.8 Å². The molecule has 0 bridgehead atoms. The summed E-state index contributed by atoms with van der Waals surface area (Å²) >= 11 is 0. The minimum absolute atomic E-state index is 0.251. The number of fused-ring (bicyclic) bond motifs is 2. The van der Waals surface area contributed by atoms with Crippen LogP contribution >= 0.6 is 0 Å². The Hall–Kier alpha value is -1.97. The maximum Gasteiger partial charge on any atom is 0.340 e. The average molecular weight is 401 g/mol. The summed E-state index contributed by atoms with van der Waals surface area (Å²) in [5.74, 6) is -0.0253. The zero-order valence-corrected chi connectivity index (χ0v) is 17.3. The van der Waals surface area contributed by atoms with Gasteiger partial charge in [0.25, 0.3) is 0 Å². The van der Waals surface area contributed by atoms with Crippen LogP contribution in [-0.4, -0.2) is 13.1 Å². The van der Waals surface area contributed by atoms with E-state index in [1.54, 1.807) is 6.07 Å². The zero-order valence-electron chi connectivity index (χ0n) is 17.3. The Labute approximate surface area is 171 Å². The van der Waals surface area contributed by atoms with Gasteiger partial charge in [-0.25, -0.2) is 13.6 Å². The van der Waals surface area contributed by atoms with Gasteiger partial charge in [0.05, 0.1) is 12.7 Å². The molecule has 2 fully saturated rings. The lowest BCUT2D eigenvalue weighted by atomic mass is 9.63. The summed E-state index contributed by atoms with van der Waals surface area (Å²) in [4.78, 5) is 11.7. The van der Waals surface area contributed by atoms with Gasteiger partial charge in [0.2, 0.25) is 0 Å². The van der Waals surface area contributed by atoms with Crippen molar-refractivity contribution in [2.24, 2.45) is 17.8 Å². The van der Waals surface area contributed by atoms with E-state index in [-0.39, 0.29) is 10.9 Å². The SMILES string of the molecule is CCCC1CCC2CC(c3ccc4cc(C(=O)OC)c(F)c(F)c4c3)CCC2C1. The average Bonchev–Trinajstić information content (AvgIpc) is 2.75. The number of carbonyl (C=O) groups excluding carboxylic acids is 1. The van der Waals surface area contributed by atoms with E-state index < -0.39 is 17.6 Å². The number of hydrogen-bond acceptors (Lipinski definition) is 2. The normalized spacial score (nSPS) is 26.9. The van der Waals surface area contributed by atoms with Crippen LogP contribution in [0.15, 0.2) is 24.3 Å². The summed E-state index contributed by atoms with van der Waals surface area (Å²) in [5.41, 5.74) is 0.741. The summed E-state index contributed by atoms with van der Waals surface area (Å²) in [5, 5.41) is 0.781. The molecule has 4 atom stereocenters. The van der Waals surface area contributed by atoms with E-state index in [4.69, 9.17) is 0 Å². The third kappa shape index (κ3) is 3.91. The molecule has 2 aliphatic carbocycles. The quantitative estimate of drug-likeness (QED) is 0.516. The van der Waals surface area contributed by atoms with Crippen LogP contribution in [-0.2, 0) is 4.74 Å². The van der Waals surface area contributed by atoms with Crippen LogP contribution in [0, 0.1) is 29.4 Å². The van der Waals surface area contributed by atoms with Gasteiger partial charge in [-0.15, -0.1) is 0 Å². The maximum absolute atomic E-state index is 14.7. The molecule has 2 aromatic carbocycles. The van der Waals surface area contributed by atoms with Gasteiger partial charge in [0.15, 0.2) is 11.6 Å². The highest BCUT2D eigenvalue weighted by atomic mass is 19.2. The molecule has 2 saturated carbocycles. The first-order valence-corrected chi connectivity index (χ1v) is 11.0. The van der Waals surface area contributed by atoms with Crippen molar-refractivity contribution in [2.75, 3.05) is 7.11 Å². The van der Waals surface area contributed by atoms with Crippen molar-refractivity contribution < 1.29 is 18.3 Å². The Morgan fingerprint density at radius 2 is 1.79 bits per heavy atom. The highest BCUT2D eigenvalue weighted by Gasteiger charge is 2.35. The molecule has 0 amide bonds. The van der Waals surface area contributed by atoms with E-state index in [0.717, 1.165) is 36.2 Å². The molecule has 0 N–H and O–H groups in total. The Morgan fingerprint density at radius 3 is 2.55 bits per heavy atom. The van der Waals surface area contributed by atoms with Gasteiger partial charge >= 0.3 is 5.97 Å². The Bertz CT molecular complexity index is 907. The van der Waals surface area contributed by atoms with Crippen LogP contribution in [0.2, 0.25) is 0 Å². The van der Waals surface area contributed by atoms with Gasteiger partial charge in [-0.1, -0.05) is 38.3 Å². The van der Waals surface area contributed by atoms with Gasteiger partial charge in [-0.2, -0.15) is 0 Å². The van der Waals surface area contributed by atoms with Crippen molar-refractivity contribution >= 4 is 16.7 Å². The highest BCUT2D eigenvalue weighted by Crippen LogP contribution is 2.48. The minimum Gasteiger partial charge on any atom is -0.465 e. The predicted molar refractivity (Wildman–Crippen MR) is 111 cm³/mol. The fourth-order valence-corrected chi connectivity index (χ4v) is 5.82. The molecule has 0 aliphatic heterocycles. The number of hydrogen-bond donors (Lipinski definition) is 0.